The molecule has 21 heavy (non-hydrogen) atoms. The topological polar surface area (TPSA) is 40.5 Å². The Morgan fingerprint density at radius 3 is 2.76 bits per heavy atom. The SMILES string of the molecule is CC(=O)c1ccc(O)c(CN(C)C(C)Cc2cccs2)c1. The Balaban J connectivity index is 2.06. The van der Waals surface area contributed by atoms with Gasteiger partial charge in [-0.25, -0.2) is 0 Å². The van der Waals surface area contributed by atoms with Crippen LogP contribution in [0.4, 0.5) is 0 Å². The van der Waals surface area contributed by atoms with E-state index in [0.717, 1.165) is 12.0 Å². The summed E-state index contributed by atoms with van der Waals surface area (Å²) in [6.45, 7) is 4.34. The quantitative estimate of drug-likeness (QED) is 0.827. The molecule has 2 aromatic rings. The molecule has 0 aliphatic heterocycles. The maximum Gasteiger partial charge on any atom is 0.159 e. The first-order valence-corrected chi connectivity index (χ1v) is 7.90. The van der Waals surface area contributed by atoms with E-state index in [1.807, 2.05) is 7.05 Å². The molecule has 2 rings (SSSR count). The number of phenolic OH excluding ortho intramolecular Hbond substituents is 1. The molecule has 0 spiro atoms. The van der Waals surface area contributed by atoms with Crippen molar-refractivity contribution in [3.63, 3.8) is 0 Å². The number of benzene rings is 1. The Hall–Kier alpha value is -1.65. The van der Waals surface area contributed by atoms with Gasteiger partial charge in [0.15, 0.2) is 5.78 Å². The van der Waals surface area contributed by atoms with Gasteiger partial charge in [0.1, 0.15) is 5.75 Å². The Bertz CT molecular complexity index is 607. The van der Waals surface area contributed by atoms with E-state index in [1.165, 1.54) is 4.88 Å². The fourth-order valence-electron chi connectivity index (χ4n) is 2.23. The fraction of sp³-hybridized carbons (Fsp3) is 0.353. The second kappa shape index (κ2) is 6.87. The second-order valence-corrected chi connectivity index (χ2v) is 6.48. The van der Waals surface area contributed by atoms with E-state index >= 15 is 0 Å². The van der Waals surface area contributed by atoms with Gasteiger partial charge < -0.3 is 5.11 Å². The number of phenols is 1. The lowest BCUT2D eigenvalue weighted by atomic mass is 10.1. The Morgan fingerprint density at radius 2 is 2.14 bits per heavy atom. The molecule has 0 saturated heterocycles. The first-order chi connectivity index (χ1) is 9.97. The summed E-state index contributed by atoms with van der Waals surface area (Å²) < 4.78 is 0. The fourth-order valence-corrected chi connectivity index (χ4v) is 3.06. The van der Waals surface area contributed by atoms with Crippen LogP contribution in [0.25, 0.3) is 0 Å². The first-order valence-electron chi connectivity index (χ1n) is 7.03. The number of carbonyl (C=O) groups excluding carboxylic acids is 1. The van der Waals surface area contributed by atoms with Crippen LogP contribution < -0.4 is 0 Å². The molecule has 0 amide bonds. The molecular weight excluding hydrogens is 282 g/mol. The van der Waals surface area contributed by atoms with E-state index in [-0.39, 0.29) is 11.5 Å². The third-order valence-electron chi connectivity index (χ3n) is 3.73. The highest BCUT2D eigenvalue weighted by Crippen LogP contribution is 2.22. The van der Waals surface area contributed by atoms with Gasteiger partial charge in [-0.3, -0.25) is 9.69 Å². The predicted molar refractivity (Wildman–Crippen MR) is 87.1 cm³/mol. The molecule has 1 heterocycles. The van der Waals surface area contributed by atoms with Gasteiger partial charge in [0.05, 0.1) is 0 Å². The normalized spacial score (nSPS) is 12.6. The van der Waals surface area contributed by atoms with Crippen LogP contribution >= 0.6 is 11.3 Å². The summed E-state index contributed by atoms with van der Waals surface area (Å²) in [4.78, 5) is 15.0. The highest BCUT2D eigenvalue weighted by Gasteiger charge is 2.14. The van der Waals surface area contributed by atoms with Crippen LogP contribution in [0, 0.1) is 0 Å². The number of ketones is 1. The van der Waals surface area contributed by atoms with Crippen molar-refractivity contribution in [1.82, 2.24) is 4.90 Å². The number of Topliss-reactive ketones (excluding diaryl/α,β-unsaturated/α-hetero) is 1. The molecule has 0 aliphatic rings. The van der Waals surface area contributed by atoms with Crippen LogP contribution in [0.1, 0.15) is 34.6 Å². The first kappa shape index (κ1) is 15.7. The molecule has 0 fully saturated rings. The number of nitrogens with zero attached hydrogens (tertiary/aromatic N) is 1. The van der Waals surface area contributed by atoms with Gasteiger partial charge in [0.2, 0.25) is 0 Å². The molecule has 112 valence electrons. The van der Waals surface area contributed by atoms with Crippen molar-refractivity contribution in [2.75, 3.05) is 7.05 Å². The minimum absolute atomic E-state index is 0.0190. The van der Waals surface area contributed by atoms with Crippen LogP contribution in [-0.4, -0.2) is 28.9 Å². The van der Waals surface area contributed by atoms with E-state index in [1.54, 1.807) is 36.5 Å². The lowest BCUT2D eigenvalue weighted by Gasteiger charge is -2.25. The standard InChI is InChI=1S/C17H21NO2S/c1-12(9-16-5-4-8-21-16)18(3)11-15-10-14(13(2)19)6-7-17(15)20/h4-8,10,12,20H,9,11H2,1-3H3. The second-order valence-electron chi connectivity index (χ2n) is 5.45. The number of carbonyl (C=O) groups is 1. The molecule has 1 N–H and O–H groups in total. The minimum atomic E-state index is 0.0190. The number of aromatic hydroxyl groups is 1. The van der Waals surface area contributed by atoms with Crippen LogP contribution in [0.2, 0.25) is 0 Å². The number of hydrogen-bond donors (Lipinski definition) is 1. The zero-order valence-electron chi connectivity index (χ0n) is 12.7. The highest BCUT2D eigenvalue weighted by atomic mass is 32.1. The zero-order chi connectivity index (χ0) is 15.4. The highest BCUT2D eigenvalue weighted by molar-refractivity contribution is 7.09. The molecule has 1 atom stereocenters. The average molecular weight is 303 g/mol. The van der Waals surface area contributed by atoms with Crippen LogP contribution in [0.5, 0.6) is 5.75 Å². The molecule has 1 aromatic carbocycles. The average Bonchev–Trinajstić information content (AvgIpc) is 2.93. The van der Waals surface area contributed by atoms with Crippen molar-refractivity contribution in [3.05, 3.63) is 51.7 Å². The number of likely N-dealkylation sites (N-methyl/N-ethyl adjacent to an activating group) is 1. The molecule has 4 heteroatoms. The third kappa shape index (κ3) is 4.16. The van der Waals surface area contributed by atoms with Gasteiger partial charge in [-0.15, -0.1) is 11.3 Å². The maximum absolute atomic E-state index is 11.4. The Labute approximate surface area is 129 Å². The summed E-state index contributed by atoms with van der Waals surface area (Å²) in [5, 5.41) is 12.1. The van der Waals surface area contributed by atoms with Crippen molar-refractivity contribution in [1.29, 1.82) is 0 Å². The molecule has 0 bridgehead atoms. The molecule has 0 aliphatic carbocycles. The summed E-state index contributed by atoms with van der Waals surface area (Å²) in [5.41, 5.74) is 1.44. The summed E-state index contributed by atoms with van der Waals surface area (Å²) in [6.07, 6.45) is 0.987. The molecule has 3 nitrogen and oxygen atoms in total. The molecule has 0 radical (unpaired) electrons. The lowest BCUT2D eigenvalue weighted by molar-refractivity contribution is 0.101. The van der Waals surface area contributed by atoms with Crippen molar-refractivity contribution in [2.24, 2.45) is 0 Å². The van der Waals surface area contributed by atoms with Crippen molar-refractivity contribution in [2.45, 2.75) is 32.9 Å². The summed E-state index contributed by atoms with van der Waals surface area (Å²) in [6, 6.07) is 9.62. The van der Waals surface area contributed by atoms with Crippen molar-refractivity contribution < 1.29 is 9.90 Å². The van der Waals surface area contributed by atoms with Gasteiger partial charge in [-0.2, -0.15) is 0 Å². The van der Waals surface area contributed by atoms with E-state index < -0.39 is 0 Å². The van der Waals surface area contributed by atoms with Crippen molar-refractivity contribution in [3.8, 4) is 5.75 Å². The van der Waals surface area contributed by atoms with Crippen LogP contribution in [-0.2, 0) is 13.0 Å². The largest absolute Gasteiger partial charge is 0.508 e. The van der Waals surface area contributed by atoms with Gasteiger partial charge in [-0.05, 0) is 57.0 Å². The van der Waals surface area contributed by atoms with Gasteiger partial charge in [0, 0.05) is 28.6 Å². The Morgan fingerprint density at radius 1 is 1.38 bits per heavy atom. The zero-order valence-corrected chi connectivity index (χ0v) is 13.5. The molecule has 1 unspecified atom stereocenters. The molecule has 1 aromatic heterocycles. The monoisotopic (exact) mass is 303 g/mol. The number of hydrogen-bond acceptors (Lipinski definition) is 4. The van der Waals surface area contributed by atoms with Crippen LogP contribution in [0.15, 0.2) is 35.7 Å². The summed E-state index contributed by atoms with van der Waals surface area (Å²) >= 11 is 1.76. The maximum atomic E-state index is 11.4. The third-order valence-corrected chi connectivity index (χ3v) is 4.63. The minimum Gasteiger partial charge on any atom is -0.508 e. The summed E-state index contributed by atoms with van der Waals surface area (Å²) in [7, 11) is 2.04. The predicted octanol–water partition coefficient (Wildman–Crippen LogP) is 3.72. The van der Waals surface area contributed by atoms with Gasteiger partial charge in [0.25, 0.3) is 0 Å². The van der Waals surface area contributed by atoms with E-state index in [9.17, 15) is 9.90 Å². The van der Waals surface area contributed by atoms with E-state index in [4.69, 9.17) is 0 Å². The Kier molecular flexibility index (Phi) is 5.15. The van der Waals surface area contributed by atoms with E-state index in [2.05, 4.69) is 29.3 Å². The van der Waals surface area contributed by atoms with Crippen LogP contribution in [0.3, 0.4) is 0 Å². The number of thiophene rings is 1. The number of rotatable bonds is 6. The molecule has 0 saturated carbocycles. The smallest absolute Gasteiger partial charge is 0.159 e. The summed E-state index contributed by atoms with van der Waals surface area (Å²) in [5.74, 6) is 0.265. The lowest BCUT2D eigenvalue weighted by Crippen LogP contribution is -2.30. The van der Waals surface area contributed by atoms with Crippen molar-refractivity contribution >= 4 is 17.1 Å². The van der Waals surface area contributed by atoms with Gasteiger partial charge >= 0.3 is 0 Å². The van der Waals surface area contributed by atoms with Gasteiger partial charge in [-0.1, -0.05) is 6.07 Å². The molecular formula is C17H21NO2S. The van der Waals surface area contributed by atoms with E-state index in [0.29, 0.717) is 18.2 Å².